The summed E-state index contributed by atoms with van der Waals surface area (Å²) in [5.74, 6) is 0.161. The van der Waals surface area contributed by atoms with Crippen molar-refractivity contribution in [3.8, 4) is 5.75 Å². The number of hydrogen-bond donors (Lipinski definition) is 1. The number of anilines is 1. The molecule has 2 aromatic rings. The van der Waals surface area contributed by atoms with Crippen LogP contribution in [0, 0.1) is 6.92 Å². The van der Waals surface area contributed by atoms with Gasteiger partial charge in [-0.2, -0.15) is 0 Å². The molecule has 2 rings (SSSR count). The summed E-state index contributed by atoms with van der Waals surface area (Å²) in [6, 6.07) is 13.4. The van der Waals surface area contributed by atoms with Crippen LogP contribution in [0.3, 0.4) is 0 Å². The van der Waals surface area contributed by atoms with Gasteiger partial charge in [0, 0.05) is 5.69 Å². The van der Waals surface area contributed by atoms with Gasteiger partial charge in [-0.1, -0.05) is 63.6 Å². The fourth-order valence-electron chi connectivity index (χ4n) is 2.84. The molecule has 2 aromatic carbocycles. The van der Waals surface area contributed by atoms with Crippen LogP contribution in [-0.2, 0) is 14.3 Å². The lowest BCUT2D eigenvalue weighted by molar-refractivity contribution is -0.149. The summed E-state index contributed by atoms with van der Waals surface area (Å²) in [6.45, 7) is 9.71. The molecule has 0 fully saturated rings. The van der Waals surface area contributed by atoms with Crippen molar-refractivity contribution in [3.05, 3.63) is 59.2 Å². The van der Waals surface area contributed by atoms with Crippen LogP contribution >= 0.6 is 0 Å². The van der Waals surface area contributed by atoms with E-state index in [2.05, 4.69) is 33.0 Å². The topological polar surface area (TPSA) is 64.6 Å². The largest absolute Gasteiger partial charge is 0.482 e. The number of para-hydroxylation sites is 1. The average Bonchev–Trinajstić information content (AvgIpc) is 2.65. The second-order valence-electron chi connectivity index (χ2n) is 7.43. The van der Waals surface area contributed by atoms with E-state index in [4.69, 9.17) is 9.47 Å². The maximum absolute atomic E-state index is 12.3. The van der Waals surface area contributed by atoms with Crippen molar-refractivity contribution in [2.45, 2.75) is 46.5 Å². The fraction of sp³-hybridized carbons (Fsp3) is 0.391. The maximum atomic E-state index is 12.3. The lowest BCUT2D eigenvalue weighted by Crippen LogP contribution is -2.24. The van der Waals surface area contributed by atoms with Crippen LogP contribution in [0.15, 0.2) is 42.5 Å². The van der Waals surface area contributed by atoms with E-state index in [1.807, 2.05) is 37.3 Å². The van der Waals surface area contributed by atoms with Crippen molar-refractivity contribution in [2.24, 2.45) is 0 Å². The van der Waals surface area contributed by atoms with Crippen molar-refractivity contribution in [1.82, 2.24) is 0 Å². The summed E-state index contributed by atoms with van der Waals surface area (Å²) in [4.78, 5) is 24.2. The highest BCUT2D eigenvalue weighted by atomic mass is 16.6. The molecule has 0 bridgehead atoms. The molecule has 0 aliphatic heterocycles. The van der Waals surface area contributed by atoms with E-state index in [0.717, 1.165) is 22.4 Å². The molecule has 5 nitrogen and oxygen atoms in total. The molecule has 0 saturated heterocycles. The third-order valence-corrected chi connectivity index (χ3v) is 4.38. The van der Waals surface area contributed by atoms with Crippen LogP contribution in [0.4, 0.5) is 5.69 Å². The zero-order chi connectivity index (χ0) is 20.7. The molecule has 0 heterocycles. The molecular weight excluding hydrogens is 354 g/mol. The molecule has 5 heteroatoms. The summed E-state index contributed by atoms with van der Waals surface area (Å²) in [5, 5.41) is 2.92. The fourth-order valence-corrected chi connectivity index (χ4v) is 2.84. The first-order chi connectivity index (χ1) is 13.3. The van der Waals surface area contributed by atoms with E-state index in [0.29, 0.717) is 5.75 Å². The zero-order valence-electron chi connectivity index (χ0n) is 17.2. The van der Waals surface area contributed by atoms with E-state index in [9.17, 15) is 9.59 Å². The van der Waals surface area contributed by atoms with Gasteiger partial charge in [0.1, 0.15) is 5.75 Å². The van der Waals surface area contributed by atoms with Crippen molar-refractivity contribution >= 4 is 17.6 Å². The maximum Gasteiger partial charge on any atom is 0.344 e. The van der Waals surface area contributed by atoms with Gasteiger partial charge in [0.15, 0.2) is 13.2 Å². The van der Waals surface area contributed by atoms with Crippen LogP contribution in [-0.4, -0.2) is 25.1 Å². The summed E-state index contributed by atoms with van der Waals surface area (Å²) in [6.07, 6.45) is 0. The summed E-state index contributed by atoms with van der Waals surface area (Å²) < 4.78 is 10.4. The Morgan fingerprint density at radius 1 is 0.893 bits per heavy atom. The quantitative estimate of drug-likeness (QED) is 0.665. The number of nitrogens with one attached hydrogen (secondary N) is 1. The standard InChI is InChI=1S/C23H29NO4/c1-15(2)19-7-6-8-20(16(3)4)23(19)24-21(25)13-28-22(26)14-27-18-11-9-17(5)10-12-18/h6-12,15-16H,13-14H2,1-5H3,(H,24,25). The monoisotopic (exact) mass is 383 g/mol. The molecule has 150 valence electrons. The highest BCUT2D eigenvalue weighted by Gasteiger charge is 2.17. The Labute approximate surface area is 167 Å². The first-order valence-electron chi connectivity index (χ1n) is 9.55. The Bertz CT molecular complexity index is 784. The Morgan fingerprint density at radius 2 is 1.46 bits per heavy atom. The molecule has 0 radical (unpaired) electrons. The van der Waals surface area contributed by atoms with Gasteiger partial charge in [-0.25, -0.2) is 4.79 Å². The normalized spacial score (nSPS) is 10.8. The van der Waals surface area contributed by atoms with Crippen molar-refractivity contribution in [3.63, 3.8) is 0 Å². The van der Waals surface area contributed by atoms with Gasteiger partial charge in [0.05, 0.1) is 0 Å². The molecule has 0 aromatic heterocycles. The molecule has 28 heavy (non-hydrogen) atoms. The molecule has 0 aliphatic carbocycles. The minimum Gasteiger partial charge on any atom is -0.482 e. The van der Waals surface area contributed by atoms with Crippen molar-refractivity contribution < 1.29 is 19.1 Å². The minimum atomic E-state index is -0.586. The Morgan fingerprint density at radius 3 is 2.00 bits per heavy atom. The number of rotatable bonds is 8. The number of carbonyl (C=O) groups excluding carboxylic acids is 2. The number of hydrogen-bond acceptors (Lipinski definition) is 4. The first kappa shape index (κ1) is 21.5. The Hall–Kier alpha value is -2.82. The third-order valence-electron chi connectivity index (χ3n) is 4.38. The third kappa shape index (κ3) is 6.12. The molecular formula is C23H29NO4. The number of benzene rings is 2. The lowest BCUT2D eigenvalue weighted by atomic mass is 9.92. The van der Waals surface area contributed by atoms with Gasteiger partial charge in [0.2, 0.25) is 0 Å². The van der Waals surface area contributed by atoms with E-state index >= 15 is 0 Å². The van der Waals surface area contributed by atoms with Gasteiger partial charge in [-0.3, -0.25) is 4.79 Å². The van der Waals surface area contributed by atoms with Crippen molar-refractivity contribution in [1.29, 1.82) is 0 Å². The van der Waals surface area contributed by atoms with Crippen LogP contribution < -0.4 is 10.1 Å². The molecule has 0 unspecified atom stereocenters. The predicted molar refractivity (Wildman–Crippen MR) is 111 cm³/mol. The summed E-state index contributed by atoms with van der Waals surface area (Å²) >= 11 is 0. The van der Waals surface area contributed by atoms with Gasteiger partial charge >= 0.3 is 5.97 Å². The summed E-state index contributed by atoms with van der Waals surface area (Å²) in [7, 11) is 0. The lowest BCUT2D eigenvalue weighted by Gasteiger charge is -2.20. The summed E-state index contributed by atoms with van der Waals surface area (Å²) in [5.41, 5.74) is 4.04. The Balaban J connectivity index is 1.91. The van der Waals surface area contributed by atoms with Gasteiger partial charge in [-0.15, -0.1) is 0 Å². The first-order valence-corrected chi connectivity index (χ1v) is 9.55. The van der Waals surface area contributed by atoms with Crippen LogP contribution in [0.5, 0.6) is 5.75 Å². The minimum absolute atomic E-state index is 0.240. The average molecular weight is 383 g/mol. The van der Waals surface area contributed by atoms with Crippen LogP contribution in [0.2, 0.25) is 0 Å². The molecule has 1 amide bonds. The van der Waals surface area contributed by atoms with Crippen molar-refractivity contribution in [2.75, 3.05) is 18.5 Å². The van der Waals surface area contributed by atoms with E-state index < -0.39 is 5.97 Å². The predicted octanol–water partition coefficient (Wildman–Crippen LogP) is 4.80. The smallest absolute Gasteiger partial charge is 0.344 e. The molecule has 0 atom stereocenters. The van der Waals surface area contributed by atoms with Gasteiger partial charge in [-0.05, 0) is 42.0 Å². The molecule has 0 aliphatic rings. The molecule has 0 saturated carbocycles. The number of aryl methyl sites for hydroxylation is 1. The van der Waals surface area contributed by atoms with E-state index in [-0.39, 0.29) is 31.0 Å². The highest BCUT2D eigenvalue weighted by molar-refractivity contribution is 5.94. The number of amides is 1. The molecule has 1 N–H and O–H groups in total. The zero-order valence-corrected chi connectivity index (χ0v) is 17.2. The SMILES string of the molecule is Cc1ccc(OCC(=O)OCC(=O)Nc2c(C(C)C)cccc2C(C)C)cc1. The van der Waals surface area contributed by atoms with Gasteiger partial charge in [0.25, 0.3) is 5.91 Å². The number of ether oxygens (including phenoxy) is 2. The molecule has 0 spiro atoms. The number of esters is 1. The Kier molecular flexibility index (Phi) is 7.61. The second-order valence-corrected chi connectivity index (χ2v) is 7.43. The van der Waals surface area contributed by atoms with E-state index in [1.54, 1.807) is 12.1 Å². The van der Waals surface area contributed by atoms with Crippen LogP contribution in [0.1, 0.15) is 56.2 Å². The second kappa shape index (κ2) is 9.93. The highest BCUT2D eigenvalue weighted by Crippen LogP contribution is 2.32. The van der Waals surface area contributed by atoms with Crippen LogP contribution in [0.25, 0.3) is 0 Å². The van der Waals surface area contributed by atoms with Gasteiger partial charge < -0.3 is 14.8 Å². The van der Waals surface area contributed by atoms with E-state index in [1.165, 1.54) is 0 Å². The number of carbonyl (C=O) groups is 2.